The highest BCUT2D eigenvalue weighted by Gasteiger charge is 2.11. The molecule has 0 spiro atoms. The molecule has 0 heterocycles. The maximum absolute atomic E-state index is 12.4. The predicted molar refractivity (Wildman–Crippen MR) is 95.3 cm³/mol. The number of rotatable bonds is 7. The fourth-order valence-electron chi connectivity index (χ4n) is 2.28. The Kier molecular flexibility index (Phi) is 6.38. The van der Waals surface area contributed by atoms with Crippen molar-refractivity contribution in [3.63, 3.8) is 0 Å². The molecule has 0 fully saturated rings. The molecule has 0 saturated carbocycles. The summed E-state index contributed by atoms with van der Waals surface area (Å²) in [5, 5.41) is 2.94. The fourth-order valence-corrected chi connectivity index (χ4v) is 2.28. The normalized spacial score (nSPS) is 10.7. The van der Waals surface area contributed by atoms with Crippen molar-refractivity contribution in [1.82, 2.24) is 5.32 Å². The highest BCUT2D eigenvalue weighted by atomic mass is 16.5. The van der Waals surface area contributed by atoms with Crippen molar-refractivity contribution < 1.29 is 14.3 Å². The van der Waals surface area contributed by atoms with Crippen LogP contribution in [0, 0.1) is 6.92 Å². The number of benzene rings is 2. The van der Waals surface area contributed by atoms with E-state index in [4.69, 9.17) is 9.47 Å². The second-order valence-electron chi connectivity index (χ2n) is 6.05. The number of nitrogens with one attached hydrogen (secondary N) is 1. The quantitative estimate of drug-likeness (QED) is 0.840. The summed E-state index contributed by atoms with van der Waals surface area (Å²) >= 11 is 0. The van der Waals surface area contributed by atoms with Gasteiger partial charge >= 0.3 is 0 Å². The molecular weight excluding hydrogens is 302 g/mol. The second kappa shape index (κ2) is 8.50. The van der Waals surface area contributed by atoms with Gasteiger partial charge in [0, 0.05) is 17.7 Å². The molecule has 1 N–H and O–H groups in total. The van der Waals surface area contributed by atoms with Crippen LogP contribution in [-0.4, -0.2) is 19.1 Å². The largest absolute Gasteiger partial charge is 0.496 e. The Morgan fingerprint density at radius 1 is 1.12 bits per heavy atom. The molecule has 128 valence electrons. The zero-order valence-electron chi connectivity index (χ0n) is 14.8. The van der Waals surface area contributed by atoms with Gasteiger partial charge in [-0.3, -0.25) is 4.79 Å². The highest BCUT2D eigenvalue weighted by Crippen LogP contribution is 2.21. The molecule has 2 aromatic rings. The first kappa shape index (κ1) is 18.0. The third kappa shape index (κ3) is 5.10. The van der Waals surface area contributed by atoms with Crippen LogP contribution in [-0.2, 0) is 17.9 Å². The number of methoxy groups -OCH3 is 1. The smallest absolute Gasteiger partial charge is 0.251 e. The van der Waals surface area contributed by atoms with Crippen LogP contribution in [0.25, 0.3) is 0 Å². The highest BCUT2D eigenvalue weighted by molar-refractivity contribution is 5.94. The van der Waals surface area contributed by atoms with Gasteiger partial charge in [0.05, 0.1) is 19.8 Å². The molecule has 2 rings (SSSR count). The number of carbonyl (C=O) groups excluding carboxylic acids is 1. The van der Waals surface area contributed by atoms with E-state index in [2.05, 4.69) is 5.32 Å². The van der Waals surface area contributed by atoms with Gasteiger partial charge in [-0.15, -0.1) is 0 Å². The summed E-state index contributed by atoms with van der Waals surface area (Å²) in [4.78, 5) is 12.4. The van der Waals surface area contributed by atoms with E-state index in [1.807, 2.05) is 51.1 Å². The van der Waals surface area contributed by atoms with Crippen LogP contribution in [0.5, 0.6) is 5.75 Å². The van der Waals surface area contributed by atoms with Crippen LogP contribution in [0.1, 0.15) is 40.9 Å². The van der Waals surface area contributed by atoms with Gasteiger partial charge in [-0.1, -0.05) is 29.8 Å². The van der Waals surface area contributed by atoms with Gasteiger partial charge in [0.15, 0.2) is 0 Å². The Bertz CT molecular complexity index is 678. The number of amides is 1. The maximum Gasteiger partial charge on any atom is 0.251 e. The van der Waals surface area contributed by atoms with E-state index in [9.17, 15) is 4.79 Å². The monoisotopic (exact) mass is 327 g/mol. The number of hydrogen-bond donors (Lipinski definition) is 1. The molecule has 2 aromatic carbocycles. The molecule has 0 radical (unpaired) electrons. The van der Waals surface area contributed by atoms with Gasteiger partial charge in [0.1, 0.15) is 5.75 Å². The van der Waals surface area contributed by atoms with E-state index < -0.39 is 0 Å². The fraction of sp³-hybridized carbons (Fsp3) is 0.350. The molecule has 0 aliphatic carbocycles. The Labute approximate surface area is 143 Å². The van der Waals surface area contributed by atoms with Gasteiger partial charge in [-0.25, -0.2) is 0 Å². The Morgan fingerprint density at radius 3 is 2.46 bits per heavy atom. The summed E-state index contributed by atoms with van der Waals surface area (Å²) in [6.45, 7) is 6.92. The molecular formula is C20H25NO3. The lowest BCUT2D eigenvalue weighted by molar-refractivity contribution is 0.0644. The zero-order chi connectivity index (χ0) is 17.5. The van der Waals surface area contributed by atoms with Gasteiger partial charge in [0.2, 0.25) is 0 Å². The Hall–Kier alpha value is -2.33. The van der Waals surface area contributed by atoms with E-state index >= 15 is 0 Å². The summed E-state index contributed by atoms with van der Waals surface area (Å²) in [5.74, 6) is 0.620. The first-order chi connectivity index (χ1) is 11.5. The van der Waals surface area contributed by atoms with Gasteiger partial charge < -0.3 is 14.8 Å². The third-order valence-electron chi connectivity index (χ3n) is 3.69. The molecule has 4 nitrogen and oxygen atoms in total. The van der Waals surface area contributed by atoms with Crippen LogP contribution >= 0.6 is 0 Å². The molecule has 0 aliphatic rings. The van der Waals surface area contributed by atoms with E-state index in [0.717, 1.165) is 16.9 Å². The average molecular weight is 327 g/mol. The van der Waals surface area contributed by atoms with Crippen molar-refractivity contribution in [2.24, 2.45) is 0 Å². The first-order valence-electron chi connectivity index (χ1n) is 8.12. The molecule has 0 atom stereocenters. The van der Waals surface area contributed by atoms with Crippen molar-refractivity contribution in [1.29, 1.82) is 0 Å². The lowest BCUT2D eigenvalue weighted by atomic mass is 10.1. The van der Waals surface area contributed by atoms with Crippen molar-refractivity contribution in [3.8, 4) is 5.75 Å². The lowest BCUT2D eigenvalue weighted by Gasteiger charge is -2.13. The average Bonchev–Trinajstić information content (AvgIpc) is 2.58. The van der Waals surface area contributed by atoms with Crippen molar-refractivity contribution >= 4 is 5.91 Å². The van der Waals surface area contributed by atoms with Gasteiger partial charge in [0.25, 0.3) is 5.91 Å². The minimum atomic E-state index is -0.107. The van der Waals surface area contributed by atoms with E-state index in [0.29, 0.717) is 18.7 Å². The zero-order valence-corrected chi connectivity index (χ0v) is 14.8. The van der Waals surface area contributed by atoms with E-state index in [-0.39, 0.29) is 12.0 Å². The molecule has 1 amide bonds. The molecule has 0 bridgehead atoms. The SMILES string of the molecule is COc1ccc(C(=O)NCc2ccc(C)cc2)cc1COC(C)C. The molecule has 0 unspecified atom stereocenters. The first-order valence-corrected chi connectivity index (χ1v) is 8.12. The maximum atomic E-state index is 12.4. The number of aryl methyl sites for hydroxylation is 1. The van der Waals surface area contributed by atoms with E-state index in [1.165, 1.54) is 5.56 Å². The van der Waals surface area contributed by atoms with Crippen LogP contribution in [0.2, 0.25) is 0 Å². The molecule has 0 saturated heterocycles. The van der Waals surface area contributed by atoms with Crippen LogP contribution in [0.3, 0.4) is 0 Å². The standard InChI is InChI=1S/C20H25NO3/c1-14(2)24-13-18-11-17(9-10-19(18)23-4)20(22)21-12-16-7-5-15(3)6-8-16/h5-11,14H,12-13H2,1-4H3,(H,21,22). The summed E-state index contributed by atoms with van der Waals surface area (Å²) in [6, 6.07) is 13.5. The minimum absolute atomic E-state index is 0.107. The predicted octanol–water partition coefficient (Wildman–Crippen LogP) is 3.86. The minimum Gasteiger partial charge on any atom is -0.496 e. The Balaban J connectivity index is 2.05. The topological polar surface area (TPSA) is 47.6 Å². The van der Waals surface area contributed by atoms with Crippen LogP contribution in [0.4, 0.5) is 0 Å². The molecule has 4 heteroatoms. The molecule has 0 aromatic heterocycles. The second-order valence-corrected chi connectivity index (χ2v) is 6.05. The summed E-state index contributed by atoms with van der Waals surface area (Å²) in [7, 11) is 1.62. The van der Waals surface area contributed by atoms with Crippen molar-refractivity contribution in [2.45, 2.75) is 40.0 Å². The van der Waals surface area contributed by atoms with Gasteiger partial charge in [-0.05, 0) is 44.5 Å². The number of hydrogen-bond acceptors (Lipinski definition) is 3. The summed E-state index contributed by atoms with van der Waals surface area (Å²) in [5.41, 5.74) is 3.75. The number of carbonyl (C=O) groups is 1. The van der Waals surface area contributed by atoms with Crippen LogP contribution in [0.15, 0.2) is 42.5 Å². The molecule has 24 heavy (non-hydrogen) atoms. The summed E-state index contributed by atoms with van der Waals surface area (Å²) in [6.07, 6.45) is 0.119. The molecule has 0 aliphatic heterocycles. The third-order valence-corrected chi connectivity index (χ3v) is 3.69. The van der Waals surface area contributed by atoms with Crippen molar-refractivity contribution in [3.05, 3.63) is 64.7 Å². The van der Waals surface area contributed by atoms with Gasteiger partial charge in [-0.2, -0.15) is 0 Å². The van der Waals surface area contributed by atoms with Crippen LogP contribution < -0.4 is 10.1 Å². The van der Waals surface area contributed by atoms with E-state index in [1.54, 1.807) is 19.2 Å². The number of ether oxygens (including phenoxy) is 2. The Morgan fingerprint density at radius 2 is 1.83 bits per heavy atom. The lowest BCUT2D eigenvalue weighted by Crippen LogP contribution is -2.23. The van der Waals surface area contributed by atoms with Crippen molar-refractivity contribution in [2.75, 3.05) is 7.11 Å². The summed E-state index contributed by atoms with van der Waals surface area (Å²) < 4.78 is 11.0.